The molecule has 0 fully saturated rings. The molecule has 0 aromatic heterocycles. The van der Waals surface area contributed by atoms with Gasteiger partial charge in [-0.15, -0.1) is 0 Å². The minimum absolute atomic E-state index is 0.102. The summed E-state index contributed by atoms with van der Waals surface area (Å²) >= 11 is 0. The van der Waals surface area contributed by atoms with Gasteiger partial charge in [0.1, 0.15) is 40.5 Å². The summed E-state index contributed by atoms with van der Waals surface area (Å²) in [7, 11) is 1.65. The number of aromatic hydroxyl groups is 1. The molecule has 3 heterocycles. The van der Waals surface area contributed by atoms with Crippen molar-refractivity contribution in [2.75, 3.05) is 13.7 Å². The zero-order chi connectivity index (χ0) is 18.1. The van der Waals surface area contributed by atoms with Crippen molar-refractivity contribution >= 4 is 0 Å². The minimum atomic E-state index is -0.282. The fourth-order valence-electron chi connectivity index (χ4n) is 4.23. The lowest BCUT2D eigenvalue weighted by Crippen LogP contribution is -2.34. The quantitative estimate of drug-likeness (QED) is 0.835. The smallest absolute Gasteiger partial charge is 0.141 e. The normalized spacial score (nSPS) is 24.1. The highest BCUT2D eigenvalue weighted by Crippen LogP contribution is 2.57. The molecule has 0 amide bonds. The number of phenolic OH excluding ortho intramolecular Hbond substituents is 1. The summed E-state index contributed by atoms with van der Waals surface area (Å²) in [5, 5.41) is 10.4. The summed E-state index contributed by atoms with van der Waals surface area (Å²) in [4.78, 5) is 0. The lowest BCUT2D eigenvalue weighted by Gasteiger charge is -2.37. The highest BCUT2D eigenvalue weighted by atomic mass is 16.5. The van der Waals surface area contributed by atoms with Crippen LogP contribution in [0.3, 0.4) is 0 Å². The van der Waals surface area contributed by atoms with Crippen molar-refractivity contribution in [3.8, 4) is 28.7 Å². The molecule has 5 rings (SSSR count). The van der Waals surface area contributed by atoms with Crippen LogP contribution in [0.4, 0.5) is 0 Å². The third-order valence-electron chi connectivity index (χ3n) is 5.66. The first-order valence-corrected chi connectivity index (χ1v) is 9.02. The van der Waals surface area contributed by atoms with Crippen LogP contribution in [0, 0.1) is 0 Å². The Kier molecular flexibility index (Phi) is 3.15. The second kappa shape index (κ2) is 5.22. The van der Waals surface area contributed by atoms with E-state index in [1.54, 1.807) is 13.2 Å². The Labute approximate surface area is 152 Å². The Morgan fingerprint density at radius 1 is 1.19 bits per heavy atom. The summed E-state index contributed by atoms with van der Waals surface area (Å²) in [6.07, 6.45) is 1.46. The Balaban J connectivity index is 1.65. The first-order chi connectivity index (χ1) is 12.5. The van der Waals surface area contributed by atoms with Crippen LogP contribution in [-0.4, -0.2) is 24.4 Å². The standard InChI is InChI=1S/C21H22O5/c1-21(2)7-6-13-15(22)9-17-18(20(13)26-21)19-14(10-24-17)12-5-4-11(23-3)8-16(12)25-19/h4-5,8-9,14,19,22H,6-7,10H2,1-3H3. The average molecular weight is 354 g/mol. The number of hydrogen-bond acceptors (Lipinski definition) is 5. The number of ether oxygens (including phenoxy) is 4. The van der Waals surface area contributed by atoms with Crippen molar-refractivity contribution < 1.29 is 24.1 Å². The second-order valence-electron chi connectivity index (χ2n) is 7.84. The van der Waals surface area contributed by atoms with Crippen LogP contribution in [0.2, 0.25) is 0 Å². The SMILES string of the molecule is COc1ccc2c(c1)OC1c3c(cc(O)c4c3OC(C)(C)CC4)OCC21. The molecule has 26 heavy (non-hydrogen) atoms. The van der Waals surface area contributed by atoms with E-state index in [0.29, 0.717) is 12.4 Å². The van der Waals surface area contributed by atoms with Gasteiger partial charge in [0.15, 0.2) is 0 Å². The Hall–Kier alpha value is -2.56. The van der Waals surface area contributed by atoms with E-state index in [2.05, 4.69) is 13.8 Å². The lowest BCUT2D eigenvalue weighted by atomic mass is 9.85. The molecule has 2 atom stereocenters. The summed E-state index contributed by atoms with van der Waals surface area (Å²) in [6.45, 7) is 4.66. The van der Waals surface area contributed by atoms with Gasteiger partial charge >= 0.3 is 0 Å². The molecule has 1 N–H and O–H groups in total. The van der Waals surface area contributed by atoms with Gasteiger partial charge in [-0.25, -0.2) is 0 Å². The van der Waals surface area contributed by atoms with Gasteiger partial charge in [0, 0.05) is 23.3 Å². The molecule has 0 spiro atoms. The minimum Gasteiger partial charge on any atom is -0.507 e. The molecule has 0 saturated carbocycles. The molecule has 0 saturated heterocycles. The predicted octanol–water partition coefficient (Wildman–Crippen LogP) is 4.11. The predicted molar refractivity (Wildman–Crippen MR) is 95.7 cm³/mol. The highest BCUT2D eigenvalue weighted by molar-refractivity contribution is 5.62. The molecule has 3 aliphatic heterocycles. The van der Waals surface area contributed by atoms with Gasteiger partial charge in [-0.2, -0.15) is 0 Å². The van der Waals surface area contributed by atoms with E-state index < -0.39 is 0 Å². The van der Waals surface area contributed by atoms with Crippen LogP contribution in [0.15, 0.2) is 24.3 Å². The van der Waals surface area contributed by atoms with E-state index >= 15 is 0 Å². The fourth-order valence-corrected chi connectivity index (χ4v) is 4.23. The van der Waals surface area contributed by atoms with Crippen molar-refractivity contribution in [2.45, 2.75) is 44.3 Å². The van der Waals surface area contributed by atoms with Crippen molar-refractivity contribution in [1.29, 1.82) is 0 Å². The van der Waals surface area contributed by atoms with Gasteiger partial charge in [0.25, 0.3) is 0 Å². The zero-order valence-electron chi connectivity index (χ0n) is 15.2. The molecule has 136 valence electrons. The van der Waals surface area contributed by atoms with Gasteiger partial charge in [-0.05, 0) is 32.8 Å². The van der Waals surface area contributed by atoms with Gasteiger partial charge in [-0.3, -0.25) is 0 Å². The average Bonchev–Trinajstić information content (AvgIpc) is 2.97. The largest absolute Gasteiger partial charge is 0.507 e. The monoisotopic (exact) mass is 354 g/mol. The van der Waals surface area contributed by atoms with Gasteiger partial charge in [-0.1, -0.05) is 6.07 Å². The molecule has 5 heteroatoms. The number of hydrogen-bond donors (Lipinski definition) is 1. The number of benzene rings is 2. The van der Waals surface area contributed by atoms with Crippen molar-refractivity contribution in [1.82, 2.24) is 0 Å². The third kappa shape index (κ3) is 2.16. The molecule has 0 radical (unpaired) electrons. The maximum atomic E-state index is 10.4. The van der Waals surface area contributed by atoms with E-state index in [4.69, 9.17) is 18.9 Å². The zero-order valence-corrected chi connectivity index (χ0v) is 15.2. The number of fused-ring (bicyclic) bond motifs is 7. The molecule has 3 aliphatic rings. The van der Waals surface area contributed by atoms with Gasteiger partial charge in [0.2, 0.25) is 0 Å². The molecule has 0 aliphatic carbocycles. The van der Waals surface area contributed by atoms with E-state index in [0.717, 1.165) is 46.8 Å². The first kappa shape index (κ1) is 15.7. The van der Waals surface area contributed by atoms with E-state index in [1.165, 1.54) is 0 Å². The third-order valence-corrected chi connectivity index (χ3v) is 5.66. The van der Waals surface area contributed by atoms with Crippen LogP contribution < -0.4 is 18.9 Å². The Bertz CT molecular complexity index is 902. The summed E-state index contributed by atoms with van der Waals surface area (Å²) < 4.78 is 24.0. The van der Waals surface area contributed by atoms with Crippen LogP contribution in [0.1, 0.15) is 49.0 Å². The molecule has 2 aromatic rings. The highest BCUT2D eigenvalue weighted by Gasteiger charge is 2.45. The van der Waals surface area contributed by atoms with E-state index in [9.17, 15) is 5.11 Å². The van der Waals surface area contributed by atoms with Crippen LogP contribution in [0.5, 0.6) is 28.7 Å². The molecule has 2 unspecified atom stereocenters. The van der Waals surface area contributed by atoms with Gasteiger partial charge in [0.05, 0.1) is 25.2 Å². The number of rotatable bonds is 1. The van der Waals surface area contributed by atoms with E-state index in [-0.39, 0.29) is 23.4 Å². The summed E-state index contributed by atoms with van der Waals surface area (Å²) in [5.41, 5.74) is 2.61. The lowest BCUT2D eigenvalue weighted by molar-refractivity contribution is 0.0706. The van der Waals surface area contributed by atoms with Crippen LogP contribution >= 0.6 is 0 Å². The maximum Gasteiger partial charge on any atom is 0.141 e. The maximum absolute atomic E-state index is 10.4. The second-order valence-corrected chi connectivity index (χ2v) is 7.84. The molecular formula is C21H22O5. The Morgan fingerprint density at radius 2 is 2.04 bits per heavy atom. The summed E-state index contributed by atoms with van der Waals surface area (Å²) in [5.74, 6) is 3.32. The topological polar surface area (TPSA) is 57.2 Å². The Morgan fingerprint density at radius 3 is 2.85 bits per heavy atom. The van der Waals surface area contributed by atoms with Crippen molar-refractivity contribution in [3.05, 3.63) is 41.0 Å². The fraction of sp³-hybridized carbons (Fsp3) is 0.429. The van der Waals surface area contributed by atoms with Crippen molar-refractivity contribution in [2.24, 2.45) is 0 Å². The molecule has 5 nitrogen and oxygen atoms in total. The molecular weight excluding hydrogens is 332 g/mol. The van der Waals surface area contributed by atoms with Crippen molar-refractivity contribution in [3.63, 3.8) is 0 Å². The van der Waals surface area contributed by atoms with Crippen LogP contribution in [-0.2, 0) is 6.42 Å². The summed E-state index contributed by atoms with van der Waals surface area (Å²) in [6, 6.07) is 7.63. The molecule has 2 aromatic carbocycles. The van der Waals surface area contributed by atoms with Crippen LogP contribution in [0.25, 0.3) is 0 Å². The first-order valence-electron chi connectivity index (χ1n) is 9.02. The van der Waals surface area contributed by atoms with E-state index in [1.807, 2.05) is 18.2 Å². The molecule has 0 bridgehead atoms. The number of methoxy groups -OCH3 is 1. The van der Waals surface area contributed by atoms with Gasteiger partial charge < -0.3 is 24.1 Å². The number of phenols is 1.